The third-order valence-electron chi connectivity index (χ3n) is 3.19. The van der Waals surface area contributed by atoms with Crippen molar-refractivity contribution < 1.29 is 4.79 Å². The Hall–Kier alpha value is -1.71. The van der Waals surface area contributed by atoms with Crippen LogP contribution in [0.1, 0.15) is 25.7 Å². The number of carbonyl (C=O) groups excluding carboxylic acids is 1. The Bertz CT molecular complexity index is 369. The van der Waals surface area contributed by atoms with Crippen LogP contribution in [0.25, 0.3) is 0 Å². The van der Waals surface area contributed by atoms with Crippen LogP contribution in [0.3, 0.4) is 0 Å². The summed E-state index contributed by atoms with van der Waals surface area (Å²) in [5.74, 6) is 0.659. The maximum atomic E-state index is 11.6. The van der Waals surface area contributed by atoms with E-state index in [1.54, 1.807) is 24.3 Å². The van der Waals surface area contributed by atoms with Gasteiger partial charge in [-0.1, -0.05) is 12.8 Å². The summed E-state index contributed by atoms with van der Waals surface area (Å²) in [6.07, 6.45) is 5.07. The standard InChI is InChI=1S/C13H19N3O/c14-11-5-7-12(8-6-11)16-13(17)15-9-10-3-1-2-4-10/h5-8,10H,1-4,9,14H2,(H2,15,16,17). The lowest BCUT2D eigenvalue weighted by Crippen LogP contribution is -2.32. The van der Waals surface area contributed by atoms with Gasteiger partial charge < -0.3 is 16.4 Å². The smallest absolute Gasteiger partial charge is 0.319 e. The zero-order chi connectivity index (χ0) is 12.1. The number of amides is 2. The van der Waals surface area contributed by atoms with E-state index in [-0.39, 0.29) is 6.03 Å². The molecule has 0 radical (unpaired) electrons. The first-order chi connectivity index (χ1) is 8.24. The number of urea groups is 1. The maximum absolute atomic E-state index is 11.6. The number of anilines is 2. The van der Waals surface area contributed by atoms with Crippen LogP contribution in [0, 0.1) is 5.92 Å². The van der Waals surface area contributed by atoms with Crippen molar-refractivity contribution in [1.29, 1.82) is 0 Å². The summed E-state index contributed by atoms with van der Waals surface area (Å²) in [4.78, 5) is 11.6. The first kappa shape index (κ1) is 11.8. The number of hydrogen-bond donors (Lipinski definition) is 3. The van der Waals surface area contributed by atoms with Crippen LogP contribution in [0.4, 0.5) is 16.2 Å². The van der Waals surface area contributed by atoms with Crippen LogP contribution in [-0.4, -0.2) is 12.6 Å². The van der Waals surface area contributed by atoms with E-state index in [4.69, 9.17) is 5.73 Å². The molecule has 17 heavy (non-hydrogen) atoms. The van der Waals surface area contributed by atoms with Crippen molar-refractivity contribution in [2.24, 2.45) is 5.92 Å². The van der Waals surface area contributed by atoms with Crippen molar-refractivity contribution in [3.8, 4) is 0 Å². The Morgan fingerprint density at radius 2 is 1.88 bits per heavy atom. The molecule has 1 aromatic rings. The highest BCUT2D eigenvalue weighted by Gasteiger charge is 2.15. The Morgan fingerprint density at radius 1 is 1.24 bits per heavy atom. The summed E-state index contributed by atoms with van der Waals surface area (Å²) in [5, 5.41) is 5.69. The van der Waals surface area contributed by atoms with Crippen LogP contribution in [0.2, 0.25) is 0 Å². The molecule has 4 N–H and O–H groups in total. The molecular weight excluding hydrogens is 214 g/mol. The van der Waals surface area contributed by atoms with Crippen molar-refractivity contribution in [3.63, 3.8) is 0 Å². The van der Waals surface area contributed by atoms with Crippen molar-refractivity contribution in [2.75, 3.05) is 17.6 Å². The maximum Gasteiger partial charge on any atom is 0.319 e. The molecule has 0 aliphatic heterocycles. The SMILES string of the molecule is Nc1ccc(NC(=O)NCC2CCCC2)cc1. The highest BCUT2D eigenvalue weighted by Crippen LogP contribution is 2.23. The summed E-state index contributed by atoms with van der Waals surface area (Å²) >= 11 is 0. The summed E-state index contributed by atoms with van der Waals surface area (Å²) in [7, 11) is 0. The second-order valence-electron chi connectivity index (χ2n) is 4.61. The van der Waals surface area contributed by atoms with Crippen LogP contribution in [-0.2, 0) is 0 Å². The number of benzene rings is 1. The zero-order valence-corrected chi connectivity index (χ0v) is 9.91. The van der Waals surface area contributed by atoms with Gasteiger partial charge in [-0.3, -0.25) is 0 Å². The fourth-order valence-corrected chi connectivity index (χ4v) is 2.19. The Balaban J connectivity index is 1.74. The van der Waals surface area contributed by atoms with Gasteiger partial charge in [0.15, 0.2) is 0 Å². The predicted octanol–water partition coefficient (Wildman–Crippen LogP) is 2.58. The number of nitrogens with two attached hydrogens (primary N) is 1. The van der Waals surface area contributed by atoms with Gasteiger partial charge in [-0.2, -0.15) is 0 Å². The minimum Gasteiger partial charge on any atom is -0.399 e. The Labute approximate surface area is 102 Å². The van der Waals surface area contributed by atoms with E-state index in [0.29, 0.717) is 11.6 Å². The average Bonchev–Trinajstić information content (AvgIpc) is 2.83. The van der Waals surface area contributed by atoms with Gasteiger partial charge in [-0.15, -0.1) is 0 Å². The van der Waals surface area contributed by atoms with E-state index in [0.717, 1.165) is 12.2 Å². The van der Waals surface area contributed by atoms with Crippen molar-refractivity contribution in [2.45, 2.75) is 25.7 Å². The van der Waals surface area contributed by atoms with Crippen LogP contribution in [0.15, 0.2) is 24.3 Å². The number of rotatable bonds is 3. The van der Waals surface area contributed by atoms with Crippen LogP contribution < -0.4 is 16.4 Å². The summed E-state index contributed by atoms with van der Waals surface area (Å²) in [5.41, 5.74) is 7.03. The average molecular weight is 233 g/mol. The molecule has 1 saturated carbocycles. The molecule has 4 heteroatoms. The molecule has 1 aliphatic carbocycles. The van der Waals surface area contributed by atoms with E-state index >= 15 is 0 Å². The fourth-order valence-electron chi connectivity index (χ4n) is 2.19. The molecule has 1 fully saturated rings. The summed E-state index contributed by atoms with van der Waals surface area (Å²) < 4.78 is 0. The third kappa shape index (κ3) is 3.66. The predicted molar refractivity (Wildman–Crippen MR) is 69.8 cm³/mol. The number of hydrogen-bond acceptors (Lipinski definition) is 2. The van der Waals surface area contributed by atoms with Gasteiger partial charge in [-0.05, 0) is 43.0 Å². The molecule has 0 bridgehead atoms. The van der Waals surface area contributed by atoms with E-state index in [2.05, 4.69) is 10.6 Å². The molecule has 0 spiro atoms. The highest BCUT2D eigenvalue weighted by molar-refractivity contribution is 5.89. The van der Waals surface area contributed by atoms with Crippen LogP contribution in [0.5, 0.6) is 0 Å². The van der Waals surface area contributed by atoms with Crippen LogP contribution >= 0.6 is 0 Å². The third-order valence-corrected chi connectivity index (χ3v) is 3.19. The van der Waals surface area contributed by atoms with Gasteiger partial charge >= 0.3 is 6.03 Å². The quantitative estimate of drug-likeness (QED) is 0.702. The van der Waals surface area contributed by atoms with Gasteiger partial charge in [0.1, 0.15) is 0 Å². The molecule has 92 valence electrons. The lowest BCUT2D eigenvalue weighted by molar-refractivity contribution is 0.250. The minimum atomic E-state index is -0.137. The lowest BCUT2D eigenvalue weighted by atomic mass is 10.1. The molecule has 2 amide bonds. The summed E-state index contributed by atoms with van der Waals surface area (Å²) in [6, 6.07) is 7.00. The first-order valence-electron chi connectivity index (χ1n) is 6.14. The summed E-state index contributed by atoms with van der Waals surface area (Å²) in [6.45, 7) is 0.779. The Kier molecular flexibility index (Phi) is 3.85. The monoisotopic (exact) mass is 233 g/mol. The molecule has 0 saturated heterocycles. The molecule has 0 aromatic heterocycles. The Morgan fingerprint density at radius 3 is 2.53 bits per heavy atom. The van der Waals surface area contributed by atoms with Gasteiger partial charge in [0.05, 0.1) is 0 Å². The van der Waals surface area contributed by atoms with E-state index in [1.807, 2.05) is 0 Å². The molecule has 0 heterocycles. The van der Waals surface area contributed by atoms with E-state index in [1.165, 1.54) is 25.7 Å². The van der Waals surface area contributed by atoms with Gasteiger partial charge in [-0.25, -0.2) is 4.79 Å². The molecule has 4 nitrogen and oxygen atoms in total. The number of carbonyl (C=O) groups is 1. The largest absolute Gasteiger partial charge is 0.399 e. The van der Waals surface area contributed by atoms with Crippen molar-refractivity contribution in [1.82, 2.24) is 5.32 Å². The molecule has 1 aromatic carbocycles. The van der Waals surface area contributed by atoms with Crippen molar-refractivity contribution >= 4 is 17.4 Å². The van der Waals surface area contributed by atoms with Gasteiger partial charge in [0.2, 0.25) is 0 Å². The molecule has 1 aliphatic rings. The van der Waals surface area contributed by atoms with E-state index in [9.17, 15) is 4.79 Å². The number of nitrogen functional groups attached to an aromatic ring is 1. The number of nitrogens with one attached hydrogen (secondary N) is 2. The second kappa shape index (κ2) is 5.57. The lowest BCUT2D eigenvalue weighted by Gasteiger charge is -2.11. The highest BCUT2D eigenvalue weighted by atomic mass is 16.2. The first-order valence-corrected chi connectivity index (χ1v) is 6.14. The van der Waals surface area contributed by atoms with Gasteiger partial charge in [0.25, 0.3) is 0 Å². The molecule has 0 unspecified atom stereocenters. The molecule has 0 atom stereocenters. The fraction of sp³-hybridized carbons (Fsp3) is 0.462. The normalized spacial score (nSPS) is 15.8. The molecule has 2 rings (SSSR count). The molecular formula is C13H19N3O. The second-order valence-corrected chi connectivity index (χ2v) is 4.61. The van der Waals surface area contributed by atoms with E-state index < -0.39 is 0 Å². The van der Waals surface area contributed by atoms with Crippen molar-refractivity contribution in [3.05, 3.63) is 24.3 Å². The zero-order valence-electron chi connectivity index (χ0n) is 9.91. The minimum absolute atomic E-state index is 0.137. The topological polar surface area (TPSA) is 67.1 Å². The van der Waals surface area contributed by atoms with Gasteiger partial charge in [0, 0.05) is 17.9 Å².